The van der Waals surface area contributed by atoms with Crippen molar-refractivity contribution in [2.75, 3.05) is 18.6 Å². The molecule has 0 aliphatic rings. The highest BCUT2D eigenvalue weighted by Gasteiger charge is 2.04. The van der Waals surface area contributed by atoms with Gasteiger partial charge in [0.2, 0.25) is 0 Å². The molecule has 7 heteroatoms. The summed E-state index contributed by atoms with van der Waals surface area (Å²) in [4.78, 5) is 10.4. The number of rotatable bonds is 7. The average Bonchev–Trinajstić information content (AvgIpc) is 2.32. The second-order valence-corrected chi connectivity index (χ2v) is 7.31. The number of halogens is 1. The lowest BCUT2D eigenvalue weighted by molar-refractivity contribution is -0.131. The van der Waals surface area contributed by atoms with Crippen LogP contribution in [-0.4, -0.2) is 38.1 Å². The zero-order chi connectivity index (χ0) is 15.2. The van der Waals surface area contributed by atoms with E-state index in [1.165, 1.54) is 12.3 Å². The number of hydrogen-bond donors (Lipinski definition) is 1. The maximum absolute atomic E-state index is 11.0. The fourth-order valence-electron chi connectivity index (χ4n) is 1.41. The number of carbonyl (C=O) groups is 1. The van der Waals surface area contributed by atoms with Gasteiger partial charge in [-0.2, -0.15) is 0 Å². The summed E-state index contributed by atoms with van der Waals surface area (Å²) in [6, 6.07) is 5.15. The highest BCUT2D eigenvalue weighted by atomic mass is 79.9. The van der Waals surface area contributed by atoms with Crippen molar-refractivity contribution in [3.05, 3.63) is 34.3 Å². The third-order valence-electron chi connectivity index (χ3n) is 2.29. The fourth-order valence-corrected chi connectivity index (χ4v) is 2.56. The molecule has 1 rings (SSSR count). The van der Waals surface area contributed by atoms with E-state index in [0.29, 0.717) is 23.2 Å². The molecule has 0 aromatic heterocycles. The zero-order valence-electron chi connectivity index (χ0n) is 10.9. The minimum atomic E-state index is -2.97. The molecule has 0 aliphatic carbocycles. The number of ether oxygens (including phenoxy) is 1. The van der Waals surface area contributed by atoms with Crippen LogP contribution in [0.4, 0.5) is 0 Å². The molecule has 0 atom stereocenters. The maximum atomic E-state index is 11.0. The number of benzene rings is 1. The molecule has 0 radical (unpaired) electrons. The minimum absolute atomic E-state index is 0.0874. The summed E-state index contributed by atoms with van der Waals surface area (Å²) in [6.45, 7) is 0.302. The van der Waals surface area contributed by atoms with Gasteiger partial charge in [0.25, 0.3) is 0 Å². The van der Waals surface area contributed by atoms with Crippen molar-refractivity contribution >= 4 is 37.8 Å². The Bertz CT molecular complexity index is 607. The van der Waals surface area contributed by atoms with Crippen LogP contribution >= 0.6 is 15.9 Å². The summed E-state index contributed by atoms with van der Waals surface area (Å²) in [5.41, 5.74) is 0.725. The SMILES string of the molecule is CS(=O)(=O)CCCOc1ccc(C=CC(=O)O)cc1Br. The van der Waals surface area contributed by atoms with Crippen LogP contribution in [0.1, 0.15) is 12.0 Å². The summed E-state index contributed by atoms with van der Waals surface area (Å²) < 4.78 is 28.1. The zero-order valence-corrected chi connectivity index (χ0v) is 13.3. The van der Waals surface area contributed by atoms with Gasteiger partial charge >= 0.3 is 5.97 Å². The standard InChI is InChI=1S/C13H15BrO5S/c1-20(17,18)8-2-7-19-12-5-3-10(9-11(12)14)4-6-13(15)16/h3-6,9H,2,7-8H2,1H3,(H,15,16). The quantitative estimate of drug-likeness (QED) is 0.594. The second kappa shape index (κ2) is 7.44. The molecule has 0 spiro atoms. The van der Waals surface area contributed by atoms with Crippen LogP contribution in [0.25, 0.3) is 6.08 Å². The van der Waals surface area contributed by atoms with Crippen molar-refractivity contribution in [2.24, 2.45) is 0 Å². The lowest BCUT2D eigenvalue weighted by atomic mass is 10.2. The molecule has 20 heavy (non-hydrogen) atoms. The second-order valence-electron chi connectivity index (χ2n) is 4.19. The Kier molecular flexibility index (Phi) is 6.22. The highest BCUT2D eigenvalue weighted by molar-refractivity contribution is 9.10. The number of sulfone groups is 1. The number of carboxylic acids is 1. The van der Waals surface area contributed by atoms with Gasteiger partial charge in [0, 0.05) is 12.3 Å². The molecule has 1 aromatic carbocycles. The van der Waals surface area contributed by atoms with Gasteiger partial charge in [0.05, 0.1) is 16.8 Å². The molecule has 0 fully saturated rings. The van der Waals surface area contributed by atoms with Crippen LogP contribution in [0.5, 0.6) is 5.75 Å². The van der Waals surface area contributed by atoms with E-state index in [2.05, 4.69) is 15.9 Å². The minimum Gasteiger partial charge on any atom is -0.492 e. The topological polar surface area (TPSA) is 80.7 Å². The van der Waals surface area contributed by atoms with Gasteiger partial charge in [0.1, 0.15) is 15.6 Å². The molecule has 110 valence electrons. The van der Waals surface area contributed by atoms with Crippen molar-refractivity contribution in [1.29, 1.82) is 0 Å². The Morgan fingerprint density at radius 1 is 1.45 bits per heavy atom. The number of aliphatic carboxylic acids is 1. The first-order chi connectivity index (χ1) is 9.28. The Labute approximate surface area is 126 Å². The van der Waals surface area contributed by atoms with E-state index in [-0.39, 0.29) is 5.75 Å². The molecule has 0 bridgehead atoms. The molecule has 0 heterocycles. The molecule has 0 amide bonds. The summed E-state index contributed by atoms with van der Waals surface area (Å²) in [5.74, 6) is -0.336. The average molecular weight is 363 g/mol. The van der Waals surface area contributed by atoms with Crippen LogP contribution in [0, 0.1) is 0 Å². The maximum Gasteiger partial charge on any atom is 0.328 e. The first kappa shape index (κ1) is 16.7. The highest BCUT2D eigenvalue weighted by Crippen LogP contribution is 2.26. The third kappa shape index (κ3) is 6.72. The van der Waals surface area contributed by atoms with E-state index in [1.54, 1.807) is 18.2 Å². The summed E-state index contributed by atoms with van der Waals surface area (Å²) in [5, 5.41) is 8.54. The van der Waals surface area contributed by atoms with Crippen LogP contribution in [0.15, 0.2) is 28.7 Å². The van der Waals surface area contributed by atoms with E-state index >= 15 is 0 Å². The molecular formula is C13H15BrO5S. The molecule has 0 aliphatic heterocycles. The van der Waals surface area contributed by atoms with Gasteiger partial charge in [-0.15, -0.1) is 0 Å². The van der Waals surface area contributed by atoms with Gasteiger partial charge in [-0.1, -0.05) is 6.07 Å². The van der Waals surface area contributed by atoms with E-state index in [0.717, 1.165) is 11.6 Å². The van der Waals surface area contributed by atoms with Gasteiger partial charge < -0.3 is 9.84 Å². The van der Waals surface area contributed by atoms with E-state index in [9.17, 15) is 13.2 Å². The van der Waals surface area contributed by atoms with E-state index < -0.39 is 15.8 Å². The van der Waals surface area contributed by atoms with Gasteiger partial charge in [-0.05, 0) is 46.1 Å². The molecule has 0 unspecified atom stereocenters. The normalized spacial score (nSPS) is 11.7. The van der Waals surface area contributed by atoms with E-state index in [1.807, 2.05) is 0 Å². The van der Waals surface area contributed by atoms with Crippen LogP contribution in [-0.2, 0) is 14.6 Å². The Morgan fingerprint density at radius 3 is 2.70 bits per heavy atom. The largest absolute Gasteiger partial charge is 0.492 e. The fraction of sp³-hybridized carbons (Fsp3) is 0.308. The first-order valence-corrected chi connectivity index (χ1v) is 8.64. The number of hydrogen-bond acceptors (Lipinski definition) is 4. The number of carboxylic acid groups (broad SMARTS) is 1. The van der Waals surface area contributed by atoms with Crippen molar-refractivity contribution in [3.8, 4) is 5.75 Å². The smallest absolute Gasteiger partial charge is 0.328 e. The van der Waals surface area contributed by atoms with Crippen molar-refractivity contribution in [3.63, 3.8) is 0 Å². The molecule has 0 saturated heterocycles. The Morgan fingerprint density at radius 2 is 2.15 bits per heavy atom. The summed E-state index contributed by atoms with van der Waals surface area (Å²) >= 11 is 3.32. The van der Waals surface area contributed by atoms with Crippen molar-refractivity contribution in [2.45, 2.75) is 6.42 Å². The van der Waals surface area contributed by atoms with Crippen molar-refractivity contribution in [1.82, 2.24) is 0 Å². The van der Waals surface area contributed by atoms with Crippen LogP contribution in [0.3, 0.4) is 0 Å². The predicted octanol–water partition coefficient (Wildman–Crippen LogP) is 2.36. The lowest BCUT2D eigenvalue weighted by Crippen LogP contribution is -2.08. The van der Waals surface area contributed by atoms with Crippen molar-refractivity contribution < 1.29 is 23.1 Å². The third-order valence-corrected chi connectivity index (χ3v) is 3.94. The molecule has 5 nitrogen and oxygen atoms in total. The lowest BCUT2D eigenvalue weighted by Gasteiger charge is -2.08. The van der Waals surface area contributed by atoms with Crippen LogP contribution in [0.2, 0.25) is 0 Å². The van der Waals surface area contributed by atoms with E-state index in [4.69, 9.17) is 9.84 Å². The Balaban J connectivity index is 2.58. The molecule has 0 saturated carbocycles. The van der Waals surface area contributed by atoms with Gasteiger partial charge in [0.15, 0.2) is 0 Å². The van der Waals surface area contributed by atoms with Gasteiger partial charge in [-0.3, -0.25) is 0 Å². The first-order valence-electron chi connectivity index (χ1n) is 5.79. The van der Waals surface area contributed by atoms with Gasteiger partial charge in [-0.25, -0.2) is 13.2 Å². The molecule has 1 N–H and O–H groups in total. The summed E-state index contributed by atoms with van der Waals surface area (Å²) in [7, 11) is -2.97. The Hall–Kier alpha value is -1.34. The predicted molar refractivity (Wildman–Crippen MR) is 80.6 cm³/mol. The molecule has 1 aromatic rings. The summed E-state index contributed by atoms with van der Waals surface area (Å²) in [6.07, 6.45) is 4.13. The monoisotopic (exact) mass is 362 g/mol. The van der Waals surface area contributed by atoms with Crippen LogP contribution < -0.4 is 4.74 Å². The molecular weight excluding hydrogens is 348 g/mol.